The summed E-state index contributed by atoms with van der Waals surface area (Å²) in [6.07, 6.45) is 3.63. The van der Waals surface area contributed by atoms with Gasteiger partial charge in [0.15, 0.2) is 0 Å². The topological polar surface area (TPSA) is 24.9 Å². The molecular weight excluding hydrogens is 300 g/mol. The lowest BCUT2D eigenvalue weighted by molar-refractivity contribution is 0.691. The zero-order chi connectivity index (χ0) is 12.1. The highest BCUT2D eigenvalue weighted by Crippen LogP contribution is 2.20. The van der Waals surface area contributed by atoms with Gasteiger partial charge in [-0.3, -0.25) is 4.98 Å². The van der Waals surface area contributed by atoms with Crippen LogP contribution in [-0.2, 0) is 13.1 Å². The van der Waals surface area contributed by atoms with Crippen LogP contribution in [0.5, 0.6) is 0 Å². The van der Waals surface area contributed by atoms with Gasteiger partial charge in [-0.1, -0.05) is 33.6 Å². The second-order valence-electron chi connectivity index (χ2n) is 3.70. The summed E-state index contributed by atoms with van der Waals surface area (Å²) in [7, 11) is 0. The normalized spacial score (nSPS) is 10.5. The van der Waals surface area contributed by atoms with E-state index in [4.69, 9.17) is 11.6 Å². The average molecular weight is 312 g/mol. The Morgan fingerprint density at radius 1 is 1.24 bits per heavy atom. The molecule has 2 rings (SSSR count). The summed E-state index contributed by atoms with van der Waals surface area (Å²) in [6.45, 7) is 1.53. The van der Waals surface area contributed by atoms with Gasteiger partial charge in [0.1, 0.15) is 0 Å². The van der Waals surface area contributed by atoms with E-state index < -0.39 is 0 Å². The predicted octanol–water partition coefficient (Wildman–Crippen LogP) is 3.79. The molecule has 0 amide bonds. The molecule has 0 fully saturated rings. The van der Waals surface area contributed by atoms with Gasteiger partial charge in [-0.2, -0.15) is 0 Å². The maximum absolute atomic E-state index is 6.10. The molecular formula is C13H12BrClN2. The van der Waals surface area contributed by atoms with E-state index in [9.17, 15) is 0 Å². The molecule has 0 bridgehead atoms. The lowest BCUT2D eigenvalue weighted by Gasteiger charge is -2.07. The third kappa shape index (κ3) is 3.80. The molecule has 2 nitrogen and oxygen atoms in total. The van der Waals surface area contributed by atoms with Gasteiger partial charge in [-0.15, -0.1) is 0 Å². The number of aromatic nitrogens is 1. The van der Waals surface area contributed by atoms with Crippen LogP contribution in [0.3, 0.4) is 0 Å². The van der Waals surface area contributed by atoms with Crippen LogP contribution in [0.4, 0.5) is 0 Å². The van der Waals surface area contributed by atoms with E-state index in [1.54, 1.807) is 6.20 Å². The Bertz CT molecular complexity index is 488. The van der Waals surface area contributed by atoms with Crippen molar-refractivity contribution in [2.45, 2.75) is 13.1 Å². The van der Waals surface area contributed by atoms with Crippen LogP contribution < -0.4 is 5.32 Å². The fraction of sp³-hybridized carbons (Fsp3) is 0.154. The van der Waals surface area contributed by atoms with Crippen LogP contribution in [0.2, 0.25) is 5.02 Å². The van der Waals surface area contributed by atoms with Crippen molar-refractivity contribution in [3.05, 3.63) is 63.3 Å². The summed E-state index contributed by atoms with van der Waals surface area (Å²) >= 11 is 9.54. The minimum atomic E-state index is 0.743. The molecule has 0 atom stereocenters. The number of hydrogen-bond donors (Lipinski definition) is 1. The first-order valence-electron chi connectivity index (χ1n) is 5.29. The average Bonchev–Trinajstić information content (AvgIpc) is 2.35. The van der Waals surface area contributed by atoms with Crippen LogP contribution in [0, 0.1) is 0 Å². The van der Waals surface area contributed by atoms with E-state index in [0.29, 0.717) is 0 Å². The Balaban J connectivity index is 1.92. The molecule has 0 radical (unpaired) electrons. The standard InChI is InChI=1S/C13H12BrClN2/c14-12-3-4-13(15)11(6-12)9-17-8-10-2-1-5-16-7-10/h1-7,17H,8-9H2. The summed E-state index contributed by atoms with van der Waals surface area (Å²) in [4.78, 5) is 4.07. The highest BCUT2D eigenvalue weighted by molar-refractivity contribution is 9.10. The van der Waals surface area contributed by atoms with Gasteiger partial charge < -0.3 is 5.32 Å². The Morgan fingerprint density at radius 3 is 2.88 bits per heavy atom. The van der Waals surface area contributed by atoms with Crippen LogP contribution in [0.15, 0.2) is 47.2 Å². The largest absolute Gasteiger partial charge is 0.309 e. The highest BCUT2D eigenvalue weighted by atomic mass is 79.9. The maximum atomic E-state index is 6.10. The zero-order valence-corrected chi connectivity index (χ0v) is 11.5. The van der Waals surface area contributed by atoms with Crippen molar-refractivity contribution in [3.8, 4) is 0 Å². The molecule has 0 saturated carbocycles. The molecule has 0 spiro atoms. The van der Waals surface area contributed by atoms with Crippen molar-refractivity contribution in [1.29, 1.82) is 0 Å². The Morgan fingerprint density at radius 2 is 2.12 bits per heavy atom. The van der Waals surface area contributed by atoms with Gasteiger partial charge in [0.2, 0.25) is 0 Å². The van der Waals surface area contributed by atoms with E-state index in [1.165, 1.54) is 5.56 Å². The first kappa shape index (κ1) is 12.6. The summed E-state index contributed by atoms with van der Waals surface area (Å²) in [6, 6.07) is 9.84. The quantitative estimate of drug-likeness (QED) is 0.929. The van der Waals surface area contributed by atoms with Crippen LogP contribution >= 0.6 is 27.5 Å². The third-order valence-corrected chi connectivity index (χ3v) is 3.24. The molecule has 2 aromatic rings. The van der Waals surface area contributed by atoms with Gasteiger partial charge in [0.05, 0.1) is 0 Å². The lowest BCUT2D eigenvalue weighted by Crippen LogP contribution is -2.13. The van der Waals surface area contributed by atoms with E-state index in [0.717, 1.165) is 28.1 Å². The van der Waals surface area contributed by atoms with Crippen molar-refractivity contribution >= 4 is 27.5 Å². The maximum Gasteiger partial charge on any atom is 0.0451 e. The first-order valence-corrected chi connectivity index (χ1v) is 6.46. The highest BCUT2D eigenvalue weighted by Gasteiger charge is 2.00. The van der Waals surface area contributed by atoms with E-state index in [1.807, 2.05) is 36.5 Å². The molecule has 0 unspecified atom stereocenters. The molecule has 1 N–H and O–H groups in total. The molecule has 1 aromatic heterocycles. The number of halogens is 2. The smallest absolute Gasteiger partial charge is 0.0451 e. The van der Waals surface area contributed by atoms with E-state index >= 15 is 0 Å². The van der Waals surface area contributed by atoms with Gasteiger partial charge in [-0.05, 0) is 35.4 Å². The molecule has 17 heavy (non-hydrogen) atoms. The minimum absolute atomic E-state index is 0.743. The summed E-state index contributed by atoms with van der Waals surface area (Å²) in [5, 5.41) is 4.12. The molecule has 1 aromatic carbocycles. The summed E-state index contributed by atoms with van der Waals surface area (Å²) < 4.78 is 1.04. The fourth-order valence-electron chi connectivity index (χ4n) is 1.52. The molecule has 0 aliphatic heterocycles. The van der Waals surface area contributed by atoms with E-state index in [-0.39, 0.29) is 0 Å². The Kier molecular flexibility index (Phi) is 4.54. The molecule has 88 valence electrons. The van der Waals surface area contributed by atoms with Gasteiger partial charge in [0, 0.05) is 35.0 Å². The van der Waals surface area contributed by atoms with Gasteiger partial charge in [0.25, 0.3) is 0 Å². The van der Waals surface area contributed by atoms with E-state index in [2.05, 4.69) is 26.2 Å². The number of benzene rings is 1. The van der Waals surface area contributed by atoms with Crippen molar-refractivity contribution in [3.63, 3.8) is 0 Å². The van der Waals surface area contributed by atoms with Crippen LogP contribution in [0.1, 0.15) is 11.1 Å². The van der Waals surface area contributed by atoms with Gasteiger partial charge >= 0.3 is 0 Å². The monoisotopic (exact) mass is 310 g/mol. The molecule has 4 heteroatoms. The molecule has 0 aliphatic rings. The number of rotatable bonds is 4. The number of pyridine rings is 1. The number of nitrogens with one attached hydrogen (secondary N) is 1. The van der Waals surface area contributed by atoms with Gasteiger partial charge in [-0.25, -0.2) is 0 Å². The molecule has 0 aliphatic carbocycles. The SMILES string of the molecule is Clc1ccc(Br)cc1CNCc1cccnc1. The Labute approximate surface area is 114 Å². The minimum Gasteiger partial charge on any atom is -0.309 e. The number of hydrogen-bond acceptors (Lipinski definition) is 2. The third-order valence-electron chi connectivity index (χ3n) is 2.38. The number of nitrogens with zero attached hydrogens (tertiary/aromatic N) is 1. The van der Waals surface area contributed by atoms with Crippen molar-refractivity contribution in [1.82, 2.24) is 10.3 Å². The second kappa shape index (κ2) is 6.15. The van der Waals surface area contributed by atoms with Crippen molar-refractivity contribution < 1.29 is 0 Å². The summed E-state index contributed by atoms with van der Waals surface area (Å²) in [5.74, 6) is 0. The lowest BCUT2D eigenvalue weighted by atomic mass is 10.2. The molecule has 1 heterocycles. The molecule has 0 saturated heterocycles. The Hall–Kier alpha value is -0.900. The summed E-state index contributed by atoms with van der Waals surface area (Å²) in [5.41, 5.74) is 2.25. The fourth-order valence-corrected chi connectivity index (χ4v) is 2.12. The van der Waals surface area contributed by atoms with Crippen LogP contribution in [-0.4, -0.2) is 4.98 Å². The van der Waals surface area contributed by atoms with Crippen LogP contribution in [0.25, 0.3) is 0 Å². The first-order chi connectivity index (χ1) is 8.25. The second-order valence-corrected chi connectivity index (χ2v) is 5.02. The predicted molar refractivity (Wildman–Crippen MR) is 73.9 cm³/mol. The van der Waals surface area contributed by atoms with Crippen molar-refractivity contribution in [2.24, 2.45) is 0 Å². The van der Waals surface area contributed by atoms with Crippen molar-refractivity contribution in [2.75, 3.05) is 0 Å². The zero-order valence-electron chi connectivity index (χ0n) is 9.16.